The molecule has 1 aromatic rings. The number of nitrogens with zero attached hydrogens (tertiary/aromatic N) is 2. The average molecular weight is 373 g/mol. The van der Waals surface area contributed by atoms with Gasteiger partial charge in [-0.25, -0.2) is 0 Å². The molecule has 1 saturated heterocycles. The predicted octanol–water partition coefficient (Wildman–Crippen LogP) is 3.10. The minimum absolute atomic E-state index is 0.0898. The second kappa shape index (κ2) is 8.87. The quantitative estimate of drug-likeness (QED) is 0.762. The lowest BCUT2D eigenvalue weighted by Gasteiger charge is -2.34. The zero-order valence-electron chi connectivity index (χ0n) is 16.6. The van der Waals surface area contributed by atoms with Crippen LogP contribution in [0.15, 0.2) is 24.3 Å². The summed E-state index contributed by atoms with van der Waals surface area (Å²) in [6.07, 6.45) is 6.39. The van der Waals surface area contributed by atoms with E-state index in [1.165, 1.54) is 17.5 Å². The summed E-state index contributed by atoms with van der Waals surface area (Å²) in [5.41, 5.74) is 2.69. The number of carbonyl (C=O) groups is 2. The summed E-state index contributed by atoms with van der Waals surface area (Å²) in [7, 11) is 0. The van der Waals surface area contributed by atoms with E-state index >= 15 is 0 Å². The van der Waals surface area contributed by atoms with Gasteiger partial charge in [-0.05, 0) is 63.9 Å². The maximum Gasteiger partial charge on any atom is 0.320 e. The van der Waals surface area contributed by atoms with Gasteiger partial charge in [-0.2, -0.15) is 0 Å². The molecule has 1 aliphatic carbocycles. The summed E-state index contributed by atoms with van der Waals surface area (Å²) in [6.45, 7) is 5.64. The summed E-state index contributed by atoms with van der Waals surface area (Å²) < 4.78 is 0. The van der Waals surface area contributed by atoms with Gasteiger partial charge in [0, 0.05) is 19.1 Å². The highest BCUT2D eigenvalue weighted by molar-refractivity contribution is 5.80. The van der Waals surface area contributed by atoms with E-state index in [9.17, 15) is 14.7 Å². The van der Waals surface area contributed by atoms with Gasteiger partial charge in [-0.1, -0.05) is 29.8 Å². The molecule has 3 rings (SSSR count). The van der Waals surface area contributed by atoms with E-state index in [-0.39, 0.29) is 18.5 Å². The Morgan fingerprint density at radius 1 is 1.15 bits per heavy atom. The number of carboxylic acids is 1. The first-order chi connectivity index (χ1) is 12.9. The molecule has 1 unspecified atom stereocenters. The number of rotatable bonds is 8. The van der Waals surface area contributed by atoms with Crippen LogP contribution >= 0.6 is 0 Å². The number of hydrogen-bond acceptors (Lipinski definition) is 3. The van der Waals surface area contributed by atoms with E-state index in [4.69, 9.17) is 0 Å². The van der Waals surface area contributed by atoms with Crippen LogP contribution in [0, 0.1) is 12.8 Å². The van der Waals surface area contributed by atoms with Gasteiger partial charge >= 0.3 is 5.97 Å². The Morgan fingerprint density at radius 3 is 2.33 bits per heavy atom. The van der Waals surface area contributed by atoms with Crippen molar-refractivity contribution < 1.29 is 14.7 Å². The van der Waals surface area contributed by atoms with Crippen LogP contribution in [0.4, 0.5) is 0 Å². The molecule has 5 heteroatoms. The zero-order valence-corrected chi connectivity index (χ0v) is 16.6. The lowest BCUT2D eigenvalue weighted by atomic mass is 9.90. The molecule has 2 aliphatic rings. The van der Waals surface area contributed by atoms with Crippen LogP contribution in [-0.4, -0.2) is 58.5 Å². The first-order valence-corrected chi connectivity index (χ1v) is 10.3. The van der Waals surface area contributed by atoms with Crippen LogP contribution in [0.5, 0.6) is 0 Å². The molecule has 0 aromatic heterocycles. The first kappa shape index (κ1) is 19.9. The van der Waals surface area contributed by atoms with Gasteiger partial charge in [0.15, 0.2) is 0 Å². The van der Waals surface area contributed by atoms with Gasteiger partial charge in [-0.3, -0.25) is 14.5 Å². The highest BCUT2D eigenvalue weighted by atomic mass is 16.4. The van der Waals surface area contributed by atoms with E-state index in [0.29, 0.717) is 5.92 Å². The summed E-state index contributed by atoms with van der Waals surface area (Å²) in [5, 5.41) is 9.29. The average Bonchev–Trinajstić information content (AvgIpc) is 3.50. The lowest BCUT2D eigenvalue weighted by Crippen LogP contribution is -2.49. The maximum atomic E-state index is 12.7. The number of hydrogen-bond donors (Lipinski definition) is 1. The monoisotopic (exact) mass is 372 g/mol. The molecule has 1 amide bonds. The summed E-state index contributed by atoms with van der Waals surface area (Å²) in [5.74, 6) is -0.0793. The Kier molecular flexibility index (Phi) is 6.53. The normalized spacial score (nSPS) is 19.3. The molecular formula is C22H32N2O3. The molecule has 5 nitrogen and oxygen atoms in total. The van der Waals surface area contributed by atoms with Crippen LogP contribution in [-0.2, 0) is 16.0 Å². The molecular weight excluding hydrogens is 340 g/mol. The fourth-order valence-electron chi connectivity index (χ4n) is 3.98. The Labute approximate surface area is 162 Å². The van der Waals surface area contributed by atoms with Crippen molar-refractivity contribution in [1.82, 2.24) is 9.80 Å². The van der Waals surface area contributed by atoms with Gasteiger partial charge in [0.05, 0.1) is 6.54 Å². The molecule has 1 atom stereocenters. The smallest absolute Gasteiger partial charge is 0.320 e. The van der Waals surface area contributed by atoms with Crippen LogP contribution in [0.2, 0.25) is 0 Å². The fourth-order valence-corrected chi connectivity index (χ4v) is 3.98. The highest BCUT2D eigenvalue weighted by Crippen LogP contribution is 2.29. The summed E-state index contributed by atoms with van der Waals surface area (Å²) in [6, 6.07) is 8.44. The van der Waals surface area contributed by atoms with Crippen LogP contribution in [0.1, 0.15) is 50.2 Å². The zero-order chi connectivity index (χ0) is 19.4. The van der Waals surface area contributed by atoms with Crippen LogP contribution in [0.3, 0.4) is 0 Å². The first-order valence-electron chi connectivity index (χ1n) is 10.3. The van der Waals surface area contributed by atoms with Crippen molar-refractivity contribution in [3.05, 3.63) is 35.4 Å². The lowest BCUT2D eigenvalue weighted by molar-refractivity contribution is -0.144. The topological polar surface area (TPSA) is 60.9 Å². The van der Waals surface area contributed by atoms with Crippen LogP contribution < -0.4 is 0 Å². The van der Waals surface area contributed by atoms with Crippen molar-refractivity contribution in [2.45, 2.75) is 64.5 Å². The fraction of sp³-hybridized carbons (Fsp3) is 0.636. The number of amides is 1. The van der Waals surface area contributed by atoms with Gasteiger partial charge in [-0.15, -0.1) is 0 Å². The van der Waals surface area contributed by atoms with E-state index in [0.717, 1.165) is 45.2 Å². The van der Waals surface area contributed by atoms with Crippen molar-refractivity contribution in [1.29, 1.82) is 0 Å². The number of benzene rings is 1. The summed E-state index contributed by atoms with van der Waals surface area (Å²) in [4.78, 5) is 27.8. The number of aryl methyl sites for hydroxylation is 2. The standard InChI is InChI=1S/C22H32N2O3/c1-16-3-5-18(6-4-16)7-8-19-11-13-23(14-12-19)21(25)15-24(20-9-10-20)17(2)22(26)27/h3-6,17,19-20H,7-15H2,1-2H3,(H,26,27). The molecule has 1 aliphatic heterocycles. The SMILES string of the molecule is Cc1ccc(CCC2CCN(C(=O)CN(C3CC3)C(C)C(=O)O)CC2)cc1. The van der Waals surface area contributed by atoms with Crippen molar-refractivity contribution in [3.8, 4) is 0 Å². The van der Waals surface area contributed by atoms with E-state index in [1.807, 2.05) is 9.80 Å². The molecule has 0 bridgehead atoms. The second-order valence-electron chi connectivity index (χ2n) is 8.27. The van der Waals surface area contributed by atoms with Crippen LogP contribution in [0.25, 0.3) is 0 Å². The molecule has 27 heavy (non-hydrogen) atoms. The van der Waals surface area contributed by atoms with Crippen molar-refractivity contribution in [3.63, 3.8) is 0 Å². The summed E-state index contributed by atoms with van der Waals surface area (Å²) >= 11 is 0. The van der Waals surface area contributed by atoms with Gasteiger partial charge in [0.25, 0.3) is 0 Å². The molecule has 148 valence electrons. The van der Waals surface area contributed by atoms with Crippen molar-refractivity contribution in [2.24, 2.45) is 5.92 Å². The molecule has 1 N–H and O–H groups in total. The molecule has 1 heterocycles. The third-order valence-corrected chi connectivity index (χ3v) is 6.12. The number of likely N-dealkylation sites (tertiary alicyclic amines) is 1. The predicted molar refractivity (Wildman–Crippen MR) is 106 cm³/mol. The van der Waals surface area contributed by atoms with E-state index in [1.54, 1.807) is 6.92 Å². The van der Waals surface area contributed by atoms with E-state index < -0.39 is 12.0 Å². The molecule has 0 spiro atoms. The number of carbonyl (C=O) groups excluding carboxylic acids is 1. The third kappa shape index (κ3) is 5.55. The Bertz CT molecular complexity index is 646. The Hall–Kier alpha value is -1.88. The van der Waals surface area contributed by atoms with Gasteiger partial charge in [0.2, 0.25) is 5.91 Å². The second-order valence-corrected chi connectivity index (χ2v) is 8.27. The number of piperidine rings is 1. The maximum absolute atomic E-state index is 12.7. The third-order valence-electron chi connectivity index (χ3n) is 6.12. The molecule has 1 saturated carbocycles. The van der Waals surface area contributed by atoms with E-state index in [2.05, 4.69) is 31.2 Å². The minimum atomic E-state index is -0.843. The Morgan fingerprint density at radius 2 is 1.78 bits per heavy atom. The Balaban J connectivity index is 1.43. The largest absolute Gasteiger partial charge is 0.480 e. The molecule has 2 fully saturated rings. The number of carboxylic acid groups (broad SMARTS) is 1. The molecule has 1 aromatic carbocycles. The highest BCUT2D eigenvalue weighted by Gasteiger charge is 2.37. The number of aliphatic carboxylic acids is 1. The minimum Gasteiger partial charge on any atom is -0.480 e. The van der Waals surface area contributed by atoms with Crippen molar-refractivity contribution >= 4 is 11.9 Å². The van der Waals surface area contributed by atoms with Crippen molar-refractivity contribution in [2.75, 3.05) is 19.6 Å². The van der Waals surface area contributed by atoms with Gasteiger partial charge < -0.3 is 10.0 Å². The molecule has 0 radical (unpaired) electrons. The van der Waals surface area contributed by atoms with Gasteiger partial charge in [0.1, 0.15) is 6.04 Å².